The van der Waals surface area contributed by atoms with Crippen LogP contribution in [0.4, 0.5) is 0 Å². The lowest BCUT2D eigenvalue weighted by Gasteiger charge is -2.37. The van der Waals surface area contributed by atoms with Gasteiger partial charge in [-0.3, -0.25) is 14.4 Å². The van der Waals surface area contributed by atoms with Gasteiger partial charge in [-0.05, 0) is 44.2 Å². The molecule has 7 nitrogen and oxygen atoms in total. The Bertz CT molecular complexity index is 1160. The minimum atomic E-state index is -0.791. The fraction of sp³-hybridized carbons (Fsp3) is 0.483. The first-order chi connectivity index (χ1) is 17.8. The molecule has 3 aliphatic rings. The summed E-state index contributed by atoms with van der Waals surface area (Å²) < 4.78 is 4.23. The van der Waals surface area contributed by atoms with Crippen LogP contribution in [0.25, 0.3) is 0 Å². The van der Waals surface area contributed by atoms with Gasteiger partial charge in [0.1, 0.15) is 6.04 Å². The molecule has 2 unspecified atom stereocenters. The zero-order chi connectivity index (χ0) is 26.2. The average Bonchev–Trinajstić information content (AvgIpc) is 3.48. The Morgan fingerprint density at radius 1 is 1.11 bits per heavy atom. The van der Waals surface area contributed by atoms with Gasteiger partial charge in [-0.1, -0.05) is 60.7 Å². The van der Waals surface area contributed by atoms with E-state index in [-0.39, 0.29) is 31.0 Å². The van der Waals surface area contributed by atoms with E-state index in [2.05, 4.69) is 5.32 Å². The Kier molecular flexibility index (Phi) is 7.07. The van der Waals surface area contributed by atoms with Gasteiger partial charge in [0.15, 0.2) is 0 Å². The van der Waals surface area contributed by atoms with Gasteiger partial charge < -0.3 is 20.1 Å². The van der Waals surface area contributed by atoms with Gasteiger partial charge in [0.05, 0.1) is 35.8 Å². The number of nitrogens with one attached hydrogen (secondary N) is 1. The lowest BCUT2D eigenvalue weighted by atomic mass is 9.66. The normalized spacial score (nSPS) is 30.7. The maximum atomic E-state index is 14.2. The maximum Gasteiger partial charge on any atom is 0.311 e. The number of carbonyl (C=O) groups excluding carboxylic acids is 3. The Hall–Kier alpha value is -2.84. The summed E-state index contributed by atoms with van der Waals surface area (Å²) in [6, 6.07) is 17.9. The van der Waals surface area contributed by atoms with Gasteiger partial charge in [-0.25, -0.2) is 0 Å². The quantitative estimate of drug-likeness (QED) is 0.492. The molecular weight excluding hydrogens is 488 g/mol. The number of nitrogens with zero attached hydrogens (tertiary/aromatic N) is 1. The first-order valence-electron chi connectivity index (χ1n) is 13.0. The number of aliphatic hydroxyl groups is 1. The number of carbonyl (C=O) groups is 3. The topological polar surface area (TPSA) is 95.9 Å². The number of benzene rings is 2. The third-order valence-corrected chi connectivity index (χ3v) is 10.2. The molecular formula is C29H34N2O5S. The van der Waals surface area contributed by atoms with Crippen LogP contribution in [-0.2, 0) is 32.1 Å². The van der Waals surface area contributed by atoms with Crippen molar-refractivity contribution in [3.63, 3.8) is 0 Å². The lowest BCUT2D eigenvalue weighted by molar-refractivity contribution is -0.155. The molecule has 6 atom stereocenters. The zero-order valence-electron chi connectivity index (χ0n) is 21.3. The first-order valence-corrected chi connectivity index (χ1v) is 13.8. The van der Waals surface area contributed by atoms with Crippen LogP contribution < -0.4 is 5.32 Å². The molecule has 2 aromatic carbocycles. The maximum absolute atomic E-state index is 14.2. The number of esters is 1. The van der Waals surface area contributed by atoms with Crippen LogP contribution >= 0.6 is 11.8 Å². The van der Waals surface area contributed by atoms with Crippen LogP contribution in [0.3, 0.4) is 0 Å². The third-order valence-electron chi connectivity index (χ3n) is 8.23. The fourth-order valence-corrected chi connectivity index (χ4v) is 9.00. The molecule has 3 heterocycles. The first kappa shape index (κ1) is 25.8. The number of hydrogen-bond donors (Lipinski definition) is 2. The highest BCUT2D eigenvalue weighted by Gasteiger charge is 2.77. The molecule has 0 radical (unpaired) electrons. The number of rotatable bonds is 9. The van der Waals surface area contributed by atoms with Crippen molar-refractivity contribution in [3.8, 4) is 0 Å². The van der Waals surface area contributed by atoms with Crippen molar-refractivity contribution in [2.75, 3.05) is 13.2 Å². The Labute approximate surface area is 222 Å². The van der Waals surface area contributed by atoms with Crippen molar-refractivity contribution in [1.29, 1.82) is 0 Å². The van der Waals surface area contributed by atoms with Crippen molar-refractivity contribution >= 4 is 29.5 Å². The Morgan fingerprint density at radius 2 is 1.76 bits per heavy atom. The molecule has 5 rings (SSSR count). The average molecular weight is 523 g/mol. The standard InChI is InChI=1S/C29H34N2O5S/c1-3-36-27(35)23-22-26(34)31(21(18-32)16-19-10-6-4-7-11-19)24(29(22)15-14-28(23,2)37-29)25(33)30-17-20-12-8-5-9-13-20/h4-13,21-24,32H,3,14-18H2,1-2H3,(H,30,33)/t21-,22+,23-,24?,28+,29?/m1/s1. The van der Waals surface area contributed by atoms with Crippen LogP contribution in [0.15, 0.2) is 60.7 Å². The summed E-state index contributed by atoms with van der Waals surface area (Å²) in [5.41, 5.74) is 1.93. The highest BCUT2D eigenvalue weighted by molar-refractivity contribution is 8.02. The van der Waals surface area contributed by atoms with Crippen molar-refractivity contribution < 1.29 is 24.2 Å². The molecule has 2 aromatic rings. The molecule has 2 bridgehead atoms. The van der Waals surface area contributed by atoms with Gasteiger partial charge in [-0.15, -0.1) is 11.8 Å². The van der Waals surface area contributed by atoms with E-state index in [0.29, 0.717) is 19.4 Å². The van der Waals surface area contributed by atoms with E-state index < -0.39 is 33.4 Å². The predicted molar refractivity (Wildman–Crippen MR) is 142 cm³/mol. The van der Waals surface area contributed by atoms with Crippen molar-refractivity contribution in [3.05, 3.63) is 71.8 Å². The smallest absolute Gasteiger partial charge is 0.311 e. The molecule has 3 aliphatic heterocycles. The van der Waals surface area contributed by atoms with E-state index in [9.17, 15) is 19.5 Å². The fourth-order valence-electron chi connectivity index (χ4n) is 6.66. The van der Waals surface area contributed by atoms with E-state index in [1.165, 1.54) is 0 Å². The van der Waals surface area contributed by atoms with E-state index >= 15 is 0 Å². The molecule has 0 aromatic heterocycles. The summed E-state index contributed by atoms with van der Waals surface area (Å²) >= 11 is 1.61. The molecule has 1 spiro atoms. The summed E-state index contributed by atoms with van der Waals surface area (Å²) in [5, 5.41) is 13.6. The van der Waals surface area contributed by atoms with Crippen LogP contribution in [0.2, 0.25) is 0 Å². The third kappa shape index (κ3) is 4.34. The van der Waals surface area contributed by atoms with Crippen LogP contribution in [0, 0.1) is 11.8 Å². The van der Waals surface area contributed by atoms with Crippen LogP contribution in [-0.4, -0.2) is 62.6 Å². The second-order valence-electron chi connectivity index (χ2n) is 10.5. The predicted octanol–water partition coefficient (Wildman–Crippen LogP) is 2.95. The van der Waals surface area contributed by atoms with E-state index in [0.717, 1.165) is 17.5 Å². The van der Waals surface area contributed by atoms with Crippen LogP contribution in [0.1, 0.15) is 37.8 Å². The monoisotopic (exact) mass is 522 g/mol. The highest BCUT2D eigenvalue weighted by atomic mass is 32.2. The van der Waals surface area contributed by atoms with E-state index in [1.807, 2.05) is 67.6 Å². The summed E-state index contributed by atoms with van der Waals surface area (Å²) in [6.45, 7) is 4.08. The van der Waals surface area contributed by atoms with Crippen molar-refractivity contribution in [2.24, 2.45) is 11.8 Å². The number of amides is 2. The largest absolute Gasteiger partial charge is 0.466 e. The van der Waals surface area contributed by atoms with Crippen LogP contribution in [0.5, 0.6) is 0 Å². The van der Waals surface area contributed by atoms with E-state index in [1.54, 1.807) is 23.6 Å². The molecule has 3 fully saturated rings. The number of likely N-dealkylation sites (tertiary alicyclic amines) is 1. The van der Waals surface area contributed by atoms with Gasteiger partial charge in [0.25, 0.3) is 0 Å². The highest BCUT2D eigenvalue weighted by Crippen LogP contribution is 2.71. The Balaban J connectivity index is 1.52. The molecule has 3 saturated heterocycles. The van der Waals surface area contributed by atoms with Gasteiger partial charge in [0.2, 0.25) is 11.8 Å². The molecule has 2 amide bonds. The second-order valence-corrected chi connectivity index (χ2v) is 12.4. The summed E-state index contributed by atoms with van der Waals surface area (Å²) in [6.07, 6.45) is 1.80. The second kappa shape index (κ2) is 10.1. The number of fused-ring (bicyclic) bond motifs is 1. The van der Waals surface area contributed by atoms with Crippen molar-refractivity contribution in [1.82, 2.24) is 10.2 Å². The minimum Gasteiger partial charge on any atom is -0.466 e. The van der Waals surface area contributed by atoms with E-state index in [4.69, 9.17) is 4.74 Å². The molecule has 37 heavy (non-hydrogen) atoms. The van der Waals surface area contributed by atoms with Gasteiger partial charge in [0, 0.05) is 11.3 Å². The summed E-state index contributed by atoms with van der Waals surface area (Å²) in [4.78, 5) is 43.0. The number of hydrogen-bond acceptors (Lipinski definition) is 6. The molecule has 0 aliphatic carbocycles. The number of ether oxygens (including phenoxy) is 1. The number of aliphatic hydroxyl groups excluding tert-OH is 1. The molecule has 8 heteroatoms. The molecule has 2 N–H and O–H groups in total. The lowest BCUT2D eigenvalue weighted by Crippen LogP contribution is -2.56. The Morgan fingerprint density at radius 3 is 2.38 bits per heavy atom. The SMILES string of the molecule is CCOC(=O)[C@H]1[C@H]2C(=O)N([C@@H](CO)Cc3ccccc3)C(C(=O)NCc3ccccc3)C23CC[C@]1(C)S3. The zero-order valence-corrected chi connectivity index (χ0v) is 22.1. The number of thioether (sulfide) groups is 1. The van der Waals surface area contributed by atoms with Gasteiger partial charge in [-0.2, -0.15) is 0 Å². The summed E-state index contributed by atoms with van der Waals surface area (Å²) in [5.74, 6) is -2.13. The van der Waals surface area contributed by atoms with Gasteiger partial charge >= 0.3 is 5.97 Å². The van der Waals surface area contributed by atoms with Crippen molar-refractivity contribution in [2.45, 2.75) is 61.2 Å². The molecule has 196 valence electrons. The molecule has 0 saturated carbocycles. The minimum absolute atomic E-state index is 0.233. The summed E-state index contributed by atoms with van der Waals surface area (Å²) in [7, 11) is 0.